The van der Waals surface area contributed by atoms with E-state index in [1.807, 2.05) is 24.3 Å². The maximum Gasteiger partial charge on any atom is 0.150 e. The van der Waals surface area contributed by atoms with Gasteiger partial charge in [0.1, 0.15) is 6.29 Å². The average Bonchev–Trinajstić information content (AvgIpc) is 2.40. The van der Waals surface area contributed by atoms with Crippen molar-refractivity contribution in [2.45, 2.75) is 46.5 Å². The lowest BCUT2D eigenvalue weighted by Gasteiger charge is -2.04. The summed E-state index contributed by atoms with van der Waals surface area (Å²) in [5.74, 6) is 0. The molecular formula is C15H25NO. The van der Waals surface area contributed by atoms with Crippen molar-refractivity contribution in [3.05, 3.63) is 29.8 Å². The molecule has 0 radical (unpaired) electrons. The van der Waals surface area contributed by atoms with E-state index in [1.54, 1.807) is 0 Å². The highest BCUT2D eigenvalue weighted by molar-refractivity contribution is 5.75. The summed E-state index contributed by atoms with van der Waals surface area (Å²) >= 11 is 0. The van der Waals surface area contributed by atoms with E-state index in [-0.39, 0.29) is 0 Å². The van der Waals surface area contributed by atoms with Crippen molar-refractivity contribution in [3.8, 4) is 0 Å². The van der Waals surface area contributed by atoms with Crippen LogP contribution in [0.1, 0.15) is 56.8 Å². The molecule has 0 saturated carbocycles. The fraction of sp³-hybridized carbons (Fsp3) is 0.533. The van der Waals surface area contributed by atoms with Gasteiger partial charge in [-0.3, -0.25) is 4.79 Å². The summed E-state index contributed by atoms with van der Waals surface area (Å²) in [6.07, 6.45) is 5.87. The van der Waals surface area contributed by atoms with Crippen molar-refractivity contribution in [3.63, 3.8) is 0 Å². The van der Waals surface area contributed by atoms with Gasteiger partial charge in [0, 0.05) is 17.8 Å². The van der Waals surface area contributed by atoms with Gasteiger partial charge < -0.3 is 5.32 Å². The molecule has 0 aromatic heterocycles. The number of hydrogen-bond donors (Lipinski definition) is 1. The third-order valence-electron chi connectivity index (χ3n) is 2.41. The molecule has 17 heavy (non-hydrogen) atoms. The van der Waals surface area contributed by atoms with Crippen molar-refractivity contribution >= 4 is 12.0 Å². The lowest BCUT2D eigenvalue weighted by atomic mass is 10.2. The molecule has 0 atom stereocenters. The zero-order chi connectivity index (χ0) is 12.9. The Balaban J connectivity index is 0.000000557. The van der Waals surface area contributed by atoms with Gasteiger partial charge in [0.15, 0.2) is 0 Å². The molecule has 1 aromatic rings. The zero-order valence-corrected chi connectivity index (χ0v) is 11.3. The Hall–Kier alpha value is -1.31. The molecule has 1 rings (SSSR count). The first-order chi connectivity index (χ1) is 8.28. The summed E-state index contributed by atoms with van der Waals surface area (Å²) in [6.45, 7) is 7.52. The Bertz CT molecular complexity index is 277. The second-order valence-electron chi connectivity index (χ2n) is 4.02. The van der Waals surface area contributed by atoms with Crippen LogP contribution < -0.4 is 5.32 Å². The number of benzene rings is 1. The predicted octanol–water partition coefficient (Wildman–Crippen LogP) is 4.52. The van der Waals surface area contributed by atoms with Crippen LogP contribution in [0, 0.1) is 0 Å². The van der Waals surface area contributed by atoms with E-state index in [9.17, 15) is 4.79 Å². The minimum absolute atomic E-state index is 0.723. The first-order valence-electron chi connectivity index (χ1n) is 6.57. The number of aldehydes is 1. The number of anilines is 1. The fourth-order valence-corrected chi connectivity index (χ4v) is 1.09. The number of rotatable bonds is 6. The normalized spacial score (nSPS) is 9.12. The van der Waals surface area contributed by atoms with Crippen molar-refractivity contribution in [1.29, 1.82) is 0 Å². The van der Waals surface area contributed by atoms with E-state index < -0.39 is 0 Å². The van der Waals surface area contributed by atoms with Crippen LogP contribution in [0.5, 0.6) is 0 Å². The monoisotopic (exact) mass is 235 g/mol. The fourth-order valence-electron chi connectivity index (χ4n) is 1.09. The molecule has 0 aliphatic rings. The van der Waals surface area contributed by atoms with E-state index in [2.05, 4.69) is 26.1 Å². The standard InChI is InChI=1S/C11H15NO.C4H10/c1-2-3-8-12-11-6-4-10(9-13)5-7-11;1-3-4-2/h4-7,9,12H,2-3,8H2,1H3;3-4H2,1-2H3. The molecule has 0 bridgehead atoms. The van der Waals surface area contributed by atoms with Crippen molar-refractivity contribution in [1.82, 2.24) is 0 Å². The molecular weight excluding hydrogens is 210 g/mol. The molecule has 0 aliphatic heterocycles. The van der Waals surface area contributed by atoms with E-state index in [4.69, 9.17) is 0 Å². The zero-order valence-electron chi connectivity index (χ0n) is 11.3. The summed E-state index contributed by atoms with van der Waals surface area (Å²) < 4.78 is 0. The Morgan fingerprint density at radius 1 is 1.00 bits per heavy atom. The van der Waals surface area contributed by atoms with Gasteiger partial charge in [-0.2, -0.15) is 0 Å². The molecule has 96 valence electrons. The van der Waals surface area contributed by atoms with Gasteiger partial charge in [-0.1, -0.05) is 40.0 Å². The maximum atomic E-state index is 10.4. The largest absolute Gasteiger partial charge is 0.385 e. The van der Waals surface area contributed by atoms with Crippen LogP contribution in [0.4, 0.5) is 5.69 Å². The van der Waals surface area contributed by atoms with E-state index in [1.165, 1.54) is 25.7 Å². The van der Waals surface area contributed by atoms with Crippen LogP contribution in [0.15, 0.2) is 24.3 Å². The predicted molar refractivity (Wildman–Crippen MR) is 75.8 cm³/mol. The van der Waals surface area contributed by atoms with Gasteiger partial charge in [-0.25, -0.2) is 0 Å². The molecule has 0 fully saturated rings. The summed E-state index contributed by atoms with van der Waals surface area (Å²) in [7, 11) is 0. The summed E-state index contributed by atoms with van der Waals surface area (Å²) in [5, 5.41) is 3.28. The maximum absolute atomic E-state index is 10.4. The van der Waals surface area contributed by atoms with Crippen LogP contribution >= 0.6 is 0 Å². The third kappa shape index (κ3) is 8.49. The molecule has 1 aromatic carbocycles. The Kier molecular flexibility index (Phi) is 10.3. The molecule has 0 heterocycles. The first-order valence-corrected chi connectivity index (χ1v) is 6.57. The molecule has 0 aliphatic carbocycles. The Morgan fingerprint density at radius 2 is 1.59 bits per heavy atom. The Labute approximate surface area is 105 Å². The quantitative estimate of drug-likeness (QED) is 0.580. The third-order valence-corrected chi connectivity index (χ3v) is 2.41. The highest BCUT2D eigenvalue weighted by atomic mass is 16.1. The highest BCUT2D eigenvalue weighted by Crippen LogP contribution is 2.07. The molecule has 2 nitrogen and oxygen atoms in total. The summed E-state index contributed by atoms with van der Waals surface area (Å²) in [6, 6.07) is 7.50. The molecule has 0 amide bonds. The number of nitrogens with one attached hydrogen (secondary N) is 1. The second-order valence-corrected chi connectivity index (χ2v) is 4.02. The van der Waals surface area contributed by atoms with Gasteiger partial charge in [0.2, 0.25) is 0 Å². The summed E-state index contributed by atoms with van der Waals surface area (Å²) in [5.41, 5.74) is 1.81. The number of hydrogen-bond acceptors (Lipinski definition) is 2. The van der Waals surface area contributed by atoms with Gasteiger partial charge in [-0.15, -0.1) is 0 Å². The lowest BCUT2D eigenvalue weighted by molar-refractivity contribution is 0.112. The van der Waals surface area contributed by atoms with Crippen molar-refractivity contribution in [2.24, 2.45) is 0 Å². The van der Waals surface area contributed by atoms with Crippen molar-refractivity contribution in [2.75, 3.05) is 11.9 Å². The van der Waals surface area contributed by atoms with Crippen LogP contribution in [-0.4, -0.2) is 12.8 Å². The lowest BCUT2D eigenvalue weighted by Crippen LogP contribution is -2.00. The summed E-state index contributed by atoms with van der Waals surface area (Å²) in [4.78, 5) is 10.4. The Morgan fingerprint density at radius 3 is 2.00 bits per heavy atom. The van der Waals surface area contributed by atoms with E-state index in [0.717, 1.165) is 24.1 Å². The van der Waals surface area contributed by atoms with Crippen LogP contribution in [0.25, 0.3) is 0 Å². The van der Waals surface area contributed by atoms with Crippen molar-refractivity contribution < 1.29 is 4.79 Å². The number of unbranched alkanes of at least 4 members (excludes halogenated alkanes) is 2. The molecule has 0 spiro atoms. The minimum atomic E-state index is 0.723. The van der Waals surface area contributed by atoms with Gasteiger partial charge in [0.25, 0.3) is 0 Å². The minimum Gasteiger partial charge on any atom is -0.385 e. The van der Waals surface area contributed by atoms with E-state index in [0.29, 0.717) is 0 Å². The van der Waals surface area contributed by atoms with E-state index >= 15 is 0 Å². The first kappa shape index (κ1) is 15.7. The average molecular weight is 235 g/mol. The molecule has 1 N–H and O–H groups in total. The van der Waals surface area contributed by atoms with Gasteiger partial charge in [-0.05, 0) is 30.7 Å². The molecule has 0 unspecified atom stereocenters. The highest BCUT2D eigenvalue weighted by Gasteiger charge is 1.91. The van der Waals surface area contributed by atoms with Crippen LogP contribution in [0.2, 0.25) is 0 Å². The molecule has 2 heteroatoms. The van der Waals surface area contributed by atoms with Crippen LogP contribution in [0.3, 0.4) is 0 Å². The smallest absolute Gasteiger partial charge is 0.150 e. The topological polar surface area (TPSA) is 29.1 Å². The number of carbonyl (C=O) groups excluding carboxylic acids is 1. The molecule has 0 saturated heterocycles. The number of carbonyl (C=O) groups is 1. The SMILES string of the molecule is CCCC.CCCCNc1ccc(C=O)cc1. The van der Waals surface area contributed by atoms with Gasteiger partial charge >= 0.3 is 0 Å². The second kappa shape index (κ2) is 11.2. The van der Waals surface area contributed by atoms with Crippen LogP contribution in [-0.2, 0) is 0 Å². The van der Waals surface area contributed by atoms with Gasteiger partial charge in [0.05, 0.1) is 0 Å².